The first-order chi connectivity index (χ1) is 9.08. The van der Waals surface area contributed by atoms with Gasteiger partial charge in [0, 0.05) is 18.0 Å². The highest BCUT2D eigenvalue weighted by Crippen LogP contribution is 2.20. The lowest BCUT2D eigenvalue weighted by Gasteiger charge is -2.31. The minimum atomic E-state index is -0.816. The molecule has 19 heavy (non-hydrogen) atoms. The van der Waals surface area contributed by atoms with E-state index < -0.39 is 11.9 Å². The first kappa shape index (κ1) is 13.9. The van der Waals surface area contributed by atoms with Gasteiger partial charge in [0.2, 0.25) is 0 Å². The van der Waals surface area contributed by atoms with Crippen LogP contribution in [-0.4, -0.2) is 35.1 Å². The van der Waals surface area contributed by atoms with Gasteiger partial charge >= 0.3 is 12.0 Å². The van der Waals surface area contributed by atoms with Gasteiger partial charge in [0.15, 0.2) is 0 Å². The second-order valence-corrected chi connectivity index (χ2v) is 5.79. The molecule has 1 aromatic rings. The van der Waals surface area contributed by atoms with Crippen LogP contribution in [0.1, 0.15) is 30.7 Å². The number of carboxylic acid groups (broad SMARTS) is 1. The molecular weight excluding hydrogens is 264 g/mol. The van der Waals surface area contributed by atoms with Crippen molar-refractivity contribution in [2.24, 2.45) is 5.92 Å². The Labute approximate surface area is 116 Å². The molecule has 1 aliphatic rings. The number of urea groups is 1. The summed E-state index contributed by atoms with van der Waals surface area (Å²) in [5.74, 6) is -1.25. The van der Waals surface area contributed by atoms with Gasteiger partial charge in [-0.3, -0.25) is 4.79 Å². The van der Waals surface area contributed by atoms with Crippen LogP contribution >= 0.6 is 11.3 Å². The quantitative estimate of drug-likeness (QED) is 0.894. The van der Waals surface area contributed by atoms with Crippen molar-refractivity contribution in [3.05, 3.63) is 22.4 Å². The minimum Gasteiger partial charge on any atom is -0.481 e. The van der Waals surface area contributed by atoms with Crippen LogP contribution in [-0.2, 0) is 4.79 Å². The van der Waals surface area contributed by atoms with Crippen LogP contribution in [0.4, 0.5) is 4.79 Å². The first-order valence-electron chi connectivity index (χ1n) is 6.39. The van der Waals surface area contributed by atoms with E-state index in [4.69, 9.17) is 5.11 Å². The third-order valence-electron chi connectivity index (χ3n) is 3.37. The Hall–Kier alpha value is -1.56. The number of aliphatic carboxylic acids is 1. The summed E-state index contributed by atoms with van der Waals surface area (Å²) >= 11 is 1.60. The summed E-state index contributed by atoms with van der Waals surface area (Å²) in [6, 6.07) is 3.71. The van der Waals surface area contributed by atoms with E-state index in [9.17, 15) is 9.59 Å². The monoisotopic (exact) mass is 282 g/mol. The molecule has 0 saturated carbocycles. The molecule has 0 radical (unpaired) electrons. The summed E-state index contributed by atoms with van der Waals surface area (Å²) in [5.41, 5.74) is 0. The van der Waals surface area contributed by atoms with Gasteiger partial charge in [-0.1, -0.05) is 6.07 Å². The summed E-state index contributed by atoms with van der Waals surface area (Å²) in [4.78, 5) is 25.8. The molecule has 1 aliphatic heterocycles. The molecule has 2 atom stereocenters. The van der Waals surface area contributed by atoms with Gasteiger partial charge in [-0.05, 0) is 31.2 Å². The van der Waals surface area contributed by atoms with Crippen LogP contribution < -0.4 is 5.32 Å². The van der Waals surface area contributed by atoms with E-state index in [1.165, 1.54) is 0 Å². The molecule has 5 nitrogen and oxygen atoms in total. The van der Waals surface area contributed by atoms with Crippen LogP contribution in [0.2, 0.25) is 0 Å². The molecule has 2 heterocycles. The number of nitrogens with one attached hydrogen (secondary N) is 1. The molecule has 0 aliphatic carbocycles. The number of carbonyl (C=O) groups is 2. The topological polar surface area (TPSA) is 69.6 Å². The molecule has 2 unspecified atom stereocenters. The number of piperidine rings is 1. The number of carbonyl (C=O) groups excluding carboxylic acids is 1. The van der Waals surface area contributed by atoms with E-state index in [1.54, 1.807) is 16.2 Å². The Morgan fingerprint density at radius 2 is 2.37 bits per heavy atom. The van der Waals surface area contributed by atoms with E-state index in [0.29, 0.717) is 19.5 Å². The van der Waals surface area contributed by atoms with E-state index in [2.05, 4.69) is 5.32 Å². The second-order valence-electron chi connectivity index (χ2n) is 4.81. The summed E-state index contributed by atoms with van der Waals surface area (Å²) in [6.45, 7) is 2.87. The summed E-state index contributed by atoms with van der Waals surface area (Å²) < 4.78 is 0. The molecule has 1 fully saturated rings. The normalized spacial score (nSPS) is 20.9. The van der Waals surface area contributed by atoms with Crippen LogP contribution in [0.25, 0.3) is 0 Å². The molecule has 1 saturated heterocycles. The van der Waals surface area contributed by atoms with Crippen molar-refractivity contribution in [1.82, 2.24) is 10.2 Å². The van der Waals surface area contributed by atoms with Gasteiger partial charge < -0.3 is 15.3 Å². The van der Waals surface area contributed by atoms with Gasteiger partial charge in [-0.15, -0.1) is 11.3 Å². The van der Waals surface area contributed by atoms with Crippen molar-refractivity contribution < 1.29 is 14.7 Å². The van der Waals surface area contributed by atoms with E-state index in [1.807, 2.05) is 24.4 Å². The lowest BCUT2D eigenvalue weighted by atomic mass is 9.99. The van der Waals surface area contributed by atoms with Gasteiger partial charge in [0.1, 0.15) is 0 Å². The van der Waals surface area contributed by atoms with Crippen LogP contribution in [0, 0.1) is 5.92 Å². The maximum atomic E-state index is 12.1. The zero-order valence-corrected chi connectivity index (χ0v) is 11.7. The Morgan fingerprint density at radius 3 is 3.00 bits per heavy atom. The number of amides is 2. The average Bonchev–Trinajstić information content (AvgIpc) is 2.92. The second kappa shape index (κ2) is 6.06. The van der Waals surface area contributed by atoms with Gasteiger partial charge in [-0.25, -0.2) is 4.79 Å². The highest BCUT2D eigenvalue weighted by atomic mass is 32.1. The summed E-state index contributed by atoms with van der Waals surface area (Å²) in [6.07, 6.45) is 1.40. The lowest BCUT2D eigenvalue weighted by Crippen LogP contribution is -2.47. The Kier molecular flexibility index (Phi) is 4.42. The Morgan fingerprint density at radius 1 is 1.58 bits per heavy atom. The smallest absolute Gasteiger partial charge is 0.317 e. The van der Waals surface area contributed by atoms with Crippen molar-refractivity contribution in [2.75, 3.05) is 13.1 Å². The zero-order valence-electron chi connectivity index (χ0n) is 10.8. The molecule has 0 aromatic carbocycles. The van der Waals surface area contributed by atoms with E-state index in [0.717, 1.165) is 11.3 Å². The summed E-state index contributed by atoms with van der Waals surface area (Å²) in [5, 5.41) is 13.9. The fraction of sp³-hybridized carbons (Fsp3) is 0.538. The third kappa shape index (κ3) is 3.47. The van der Waals surface area contributed by atoms with Crippen LogP contribution in [0.5, 0.6) is 0 Å². The van der Waals surface area contributed by atoms with Crippen molar-refractivity contribution in [3.8, 4) is 0 Å². The van der Waals surface area contributed by atoms with E-state index in [-0.39, 0.29) is 12.1 Å². The number of carboxylic acids is 1. The molecule has 0 spiro atoms. The van der Waals surface area contributed by atoms with Gasteiger partial charge in [0.25, 0.3) is 0 Å². The molecule has 6 heteroatoms. The lowest BCUT2D eigenvalue weighted by molar-refractivity contribution is -0.143. The number of rotatable bonds is 3. The maximum absolute atomic E-state index is 12.1. The first-order valence-corrected chi connectivity index (χ1v) is 7.27. The predicted molar refractivity (Wildman–Crippen MR) is 73.2 cm³/mol. The summed E-state index contributed by atoms with van der Waals surface area (Å²) in [7, 11) is 0. The third-order valence-corrected chi connectivity index (χ3v) is 4.42. The van der Waals surface area contributed by atoms with Gasteiger partial charge in [0.05, 0.1) is 12.0 Å². The molecule has 2 rings (SSSR count). The molecule has 104 valence electrons. The maximum Gasteiger partial charge on any atom is 0.317 e. The van der Waals surface area contributed by atoms with Crippen LogP contribution in [0.3, 0.4) is 0 Å². The fourth-order valence-electron chi connectivity index (χ4n) is 2.25. The number of likely N-dealkylation sites (tertiary alicyclic amines) is 1. The number of hydrogen-bond acceptors (Lipinski definition) is 3. The molecule has 2 N–H and O–H groups in total. The minimum absolute atomic E-state index is 0.0438. The molecule has 1 aromatic heterocycles. The average molecular weight is 282 g/mol. The standard InChI is InChI=1S/C13H18N2O3S/c1-9(11-5-3-7-19-11)14-13(18)15-6-2-4-10(8-15)12(16)17/h3,5,7,9-10H,2,4,6,8H2,1H3,(H,14,18)(H,16,17). The number of hydrogen-bond donors (Lipinski definition) is 2. The Bertz CT molecular complexity index is 447. The van der Waals surface area contributed by atoms with Crippen molar-refractivity contribution in [1.29, 1.82) is 0 Å². The molecule has 0 bridgehead atoms. The highest BCUT2D eigenvalue weighted by molar-refractivity contribution is 7.10. The fourth-order valence-corrected chi connectivity index (χ4v) is 2.98. The largest absolute Gasteiger partial charge is 0.481 e. The van der Waals surface area contributed by atoms with Crippen molar-refractivity contribution >= 4 is 23.3 Å². The predicted octanol–water partition coefficient (Wildman–Crippen LogP) is 2.32. The molecule has 2 amide bonds. The number of thiophene rings is 1. The van der Waals surface area contributed by atoms with Crippen LogP contribution in [0.15, 0.2) is 17.5 Å². The van der Waals surface area contributed by atoms with Crippen molar-refractivity contribution in [3.63, 3.8) is 0 Å². The van der Waals surface area contributed by atoms with Gasteiger partial charge in [-0.2, -0.15) is 0 Å². The number of nitrogens with zero attached hydrogens (tertiary/aromatic N) is 1. The Balaban J connectivity index is 1.91. The molecular formula is C13H18N2O3S. The van der Waals surface area contributed by atoms with E-state index >= 15 is 0 Å². The van der Waals surface area contributed by atoms with Crippen molar-refractivity contribution in [2.45, 2.75) is 25.8 Å². The zero-order chi connectivity index (χ0) is 13.8. The highest BCUT2D eigenvalue weighted by Gasteiger charge is 2.28. The SMILES string of the molecule is CC(NC(=O)N1CCCC(C(=O)O)C1)c1cccs1.